The van der Waals surface area contributed by atoms with Gasteiger partial charge in [-0.25, -0.2) is 0 Å². The minimum absolute atomic E-state index is 0.105. The SMILES string of the molecule is O[C@@H]1CNC[C@H]1SC1CCCCC1. The Bertz CT molecular complexity index is 159. The van der Waals surface area contributed by atoms with Crippen molar-refractivity contribution in [1.29, 1.82) is 0 Å². The lowest BCUT2D eigenvalue weighted by atomic mass is 10.0. The molecule has 0 unspecified atom stereocenters. The standard InChI is InChI=1S/C10H19NOS/c12-9-6-11-7-10(9)13-8-4-2-1-3-5-8/h8-12H,1-7H2/t9-,10-/m1/s1. The maximum Gasteiger partial charge on any atom is 0.0795 e. The van der Waals surface area contributed by atoms with E-state index in [1.807, 2.05) is 11.8 Å². The third kappa shape index (κ3) is 2.61. The maximum atomic E-state index is 9.64. The van der Waals surface area contributed by atoms with Gasteiger partial charge in [0.2, 0.25) is 0 Å². The van der Waals surface area contributed by atoms with Crippen LogP contribution in [0.5, 0.6) is 0 Å². The minimum Gasteiger partial charge on any atom is -0.391 e. The highest BCUT2D eigenvalue weighted by atomic mass is 32.2. The van der Waals surface area contributed by atoms with Crippen molar-refractivity contribution < 1.29 is 5.11 Å². The molecule has 0 aromatic rings. The van der Waals surface area contributed by atoms with Gasteiger partial charge in [0.05, 0.1) is 6.10 Å². The number of rotatable bonds is 2. The molecular formula is C10H19NOS. The summed E-state index contributed by atoms with van der Waals surface area (Å²) in [5.74, 6) is 0. The summed E-state index contributed by atoms with van der Waals surface area (Å²) in [5, 5.41) is 14.2. The third-order valence-electron chi connectivity index (χ3n) is 3.05. The Morgan fingerprint density at radius 1 is 1.08 bits per heavy atom. The maximum absolute atomic E-state index is 9.64. The smallest absolute Gasteiger partial charge is 0.0795 e. The Balaban J connectivity index is 1.75. The van der Waals surface area contributed by atoms with E-state index in [2.05, 4.69) is 5.32 Å². The van der Waals surface area contributed by atoms with Crippen LogP contribution in [-0.4, -0.2) is 34.8 Å². The van der Waals surface area contributed by atoms with Crippen molar-refractivity contribution in [2.24, 2.45) is 0 Å². The van der Waals surface area contributed by atoms with Gasteiger partial charge in [-0.1, -0.05) is 19.3 Å². The van der Waals surface area contributed by atoms with E-state index in [0.29, 0.717) is 5.25 Å². The summed E-state index contributed by atoms with van der Waals surface area (Å²) in [6.45, 7) is 1.80. The van der Waals surface area contributed by atoms with E-state index >= 15 is 0 Å². The van der Waals surface area contributed by atoms with Gasteiger partial charge < -0.3 is 10.4 Å². The van der Waals surface area contributed by atoms with E-state index in [4.69, 9.17) is 0 Å². The summed E-state index contributed by atoms with van der Waals surface area (Å²) < 4.78 is 0. The molecule has 0 bridgehead atoms. The van der Waals surface area contributed by atoms with Crippen LogP contribution in [0.2, 0.25) is 0 Å². The van der Waals surface area contributed by atoms with Crippen molar-refractivity contribution >= 4 is 11.8 Å². The van der Waals surface area contributed by atoms with Crippen LogP contribution in [0, 0.1) is 0 Å². The van der Waals surface area contributed by atoms with E-state index in [1.54, 1.807) is 0 Å². The summed E-state index contributed by atoms with van der Waals surface area (Å²) in [6, 6.07) is 0. The molecule has 2 nitrogen and oxygen atoms in total. The fourth-order valence-electron chi connectivity index (χ4n) is 2.23. The predicted molar refractivity (Wildman–Crippen MR) is 57.1 cm³/mol. The number of aliphatic hydroxyl groups is 1. The highest BCUT2D eigenvalue weighted by molar-refractivity contribution is 8.00. The molecule has 76 valence electrons. The largest absolute Gasteiger partial charge is 0.391 e. The molecule has 13 heavy (non-hydrogen) atoms. The van der Waals surface area contributed by atoms with Gasteiger partial charge in [0.1, 0.15) is 0 Å². The fourth-order valence-corrected chi connectivity index (χ4v) is 3.82. The van der Waals surface area contributed by atoms with Gasteiger partial charge in [-0.05, 0) is 12.8 Å². The van der Waals surface area contributed by atoms with Crippen LogP contribution < -0.4 is 5.32 Å². The van der Waals surface area contributed by atoms with Gasteiger partial charge in [0.15, 0.2) is 0 Å². The molecule has 1 aliphatic carbocycles. The van der Waals surface area contributed by atoms with Crippen LogP contribution in [0.4, 0.5) is 0 Å². The second-order valence-electron chi connectivity index (χ2n) is 4.16. The van der Waals surface area contributed by atoms with E-state index in [-0.39, 0.29) is 6.10 Å². The molecule has 0 amide bonds. The van der Waals surface area contributed by atoms with Crippen molar-refractivity contribution in [3.63, 3.8) is 0 Å². The Kier molecular flexibility index (Phi) is 3.52. The quantitative estimate of drug-likeness (QED) is 0.708. The number of aliphatic hydroxyl groups excluding tert-OH is 1. The van der Waals surface area contributed by atoms with E-state index in [1.165, 1.54) is 32.1 Å². The van der Waals surface area contributed by atoms with E-state index in [9.17, 15) is 5.11 Å². The zero-order chi connectivity index (χ0) is 9.10. The molecule has 2 rings (SSSR count). The van der Waals surface area contributed by atoms with Crippen LogP contribution in [-0.2, 0) is 0 Å². The molecule has 3 heteroatoms. The van der Waals surface area contributed by atoms with Crippen LogP contribution >= 0.6 is 11.8 Å². The van der Waals surface area contributed by atoms with Gasteiger partial charge in [0, 0.05) is 23.6 Å². The summed E-state index contributed by atoms with van der Waals surface area (Å²) in [7, 11) is 0. The lowest BCUT2D eigenvalue weighted by molar-refractivity contribution is 0.200. The van der Waals surface area contributed by atoms with Crippen molar-refractivity contribution in [2.75, 3.05) is 13.1 Å². The Hall–Kier alpha value is 0.270. The number of hydrogen-bond acceptors (Lipinski definition) is 3. The number of nitrogens with one attached hydrogen (secondary N) is 1. The lowest BCUT2D eigenvalue weighted by Crippen LogP contribution is -2.24. The number of hydrogen-bond donors (Lipinski definition) is 2. The highest BCUT2D eigenvalue weighted by Gasteiger charge is 2.28. The zero-order valence-electron chi connectivity index (χ0n) is 8.04. The molecule has 2 atom stereocenters. The van der Waals surface area contributed by atoms with E-state index in [0.717, 1.165) is 18.3 Å². The average Bonchev–Trinajstić information content (AvgIpc) is 2.54. The summed E-state index contributed by atoms with van der Waals surface area (Å²) in [4.78, 5) is 0. The monoisotopic (exact) mass is 201 g/mol. The first kappa shape index (κ1) is 9.81. The first-order valence-electron chi connectivity index (χ1n) is 5.40. The molecule has 0 radical (unpaired) electrons. The summed E-state index contributed by atoms with van der Waals surface area (Å²) in [6.07, 6.45) is 6.85. The third-order valence-corrected chi connectivity index (χ3v) is 4.73. The Morgan fingerprint density at radius 2 is 1.85 bits per heavy atom. The molecule has 1 saturated heterocycles. The van der Waals surface area contributed by atoms with Crippen LogP contribution in [0.15, 0.2) is 0 Å². The van der Waals surface area contributed by atoms with Crippen molar-refractivity contribution in [3.05, 3.63) is 0 Å². The minimum atomic E-state index is -0.105. The topological polar surface area (TPSA) is 32.3 Å². The van der Waals surface area contributed by atoms with Crippen LogP contribution in [0.25, 0.3) is 0 Å². The van der Waals surface area contributed by atoms with Crippen LogP contribution in [0.3, 0.4) is 0 Å². The van der Waals surface area contributed by atoms with E-state index < -0.39 is 0 Å². The van der Waals surface area contributed by atoms with Crippen molar-refractivity contribution in [3.8, 4) is 0 Å². The van der Waals surface area contributed by atoms with Crippen LogP contribution in [0.1, 0.15) is 32.1 Å². The normalized spacial score (nSPS) is 36.7. The molecule has 1 heterocycles. The first-order chi connectivity index (χ1) is 6.36. The summed E-state index contributed by atoms with van der Waals surface area (Å²) in [5.41, 5.74) is 0. The van der Waals surface area contributed by atoms with Crippen molar-refractivity contribution in [1.82, 2.24) is 5.32 Å². The Labute approximate surface area is 84.5 Å². The average molecular weight is 201 g/mol. The zero-order valence-corrected chi connectivity index (χ0v) is 8.85. The van der Waals surface area contributed by atoms with Gasteiger partial charge in [-0.2, -0.15) is 11.8 Å². The lowest BCUT2D eigenvalue weighted by Gasteiger charge is -2.25. The van der Waals surface area contributed by atoms with Gasteiger partial charge >= 0.3 is 0 Å². The molecule has 0 spiro atoms. The molecule has 2 aliphatic rings. The fraction of sp³-hybridized carbons (Fsp3) is 1.00. The van der Waals surface area contributed by atoms with Crippen molar-refractivity contribution in [2.45, 2.75) is 48.7 Å². The Morgan fingerprint density at radius 3 is 2.46 bits per heavy atom. The molecule has 0 aromatic carbocycles. The molecule has 1 saturated carbocycles. The van der Waals surface area contributed by atoms with Gasteiger partial charge in [-0.3, -0.25) is 0 Å². The summed E-state index contributed by atoms with van der Waals surface area (Å²) >= 11 is 2.02. The number of thioether (sulfide) groups is 1. The highest BCUT2D eigenvalue weighted by Crippen LogP contribution is 2.32. The molecule has 0 aromatic heterocycles. The first-order valence-corrected chi connectivity index (χ1v) is 6.35. The number of β-amino-alcohol motifs (C(OH)–C–C–N with tert-alkyl or cyclic N) is 1. The van der Waals surface area contributed by atoms with Gasteiger partial charge in [0.25, 0.3) is 0 Å². The molecule has 2 fully saturated rings. The molecular weight excluding hydrogens is 182 g/mol. The molecule has 1 aliphatic heterocycles. The predicted octanol–water partition coefficient (Wildman–Crippen LogP) is 1.39. The molecule has 2 N–H and O–H groups in total. The second-order valence-corrected chi connectivity index (χ2v) is 5.70. The second kappa shape index (κ2) is 4.67. The van der Waals surface area contributed by atoms with Gasteiger partial charge in [-0.15, -0.1) is 0 Å².